The minimum absolute atomic E-state index is 0.0376. The number of fused-ring (bicyclic) bond motifs is 1. The Kier molecular flexibility index (Phi) is 5.72. The van der Waals surface area contributed by atoms with E-state index in [0.29, 0.717) is 18.8 Å². The maximum Gasteiger partial charge on any atom is 0.228 e. The van der Waals surface area contributed by atoms with Crippen molar-refractivity contribution in [1.29, 1.82) is 0 Å². The Hall–Kier alpha value is -2.22. The highest BCUT2D eigenvalue weighted by Crippen LogP contribution is 2.43. The van der Waals surface area contributed by atoms with Crippen LogP contribution in [-0.2, 0) is 16.1 Å². The predicted octanol–water partition coefficient (Wildman–Crippen LogP) is 1.54. The fraction of sp³-hybridized carbons (Fsp3) is 0.714. The molecule has 0 spiro atoms. The van der Waals surface area contributed by atoms with Crippen molar-refractivity contribution in [2.24, 2.45) is 5.41 Å². The van der Waals surface area contributed by atoms with Gasteiger partial charge in [-0.25, -0.2) is 4.98 Å². The topological polar surface area (TPSA) is 94.2 Å². The third kappa shape index (κ3) is 4.08. The summed E-state index contributed by atoms with van der Waals surface area (Å²) in [5.74, 6) is 1.55. The van der Waals surface area contributed by atoms with E-state index in [-0.39, 0.29) is 17.9 Å². The molecule has 8 nitrogen and oxygen atoms in total. The number of rotatable bonds is 5. The Balaban J connectivity index is 1.50. The van der Waals surface area contributed by atoms with Gasteiger partial charge in [-0.2, -0.15) is 5.10 Å². The van der Waals surface area contributed by atoms with Gasteiger partial charge in [-0.15, -0.1) is 0 Å². The third-order valence-corrected chi connectivity index (χ3v) is 6.80. The van der Waals surface area contributed by atoms with Gasteiger partial charge < -0.3 is 15.1 Å². The van der Waals surface area contributed by atoms with E-state index in [1.807, 2.05) is 11.8 Å². The van der Waals surface area contributed by atoms with Crippen LogP contribution < -0.4 is 5.32 Å². The van der Waals surface area contributed by atoms with Gasteiger partial charge in [0, 0.05) is 19.5 Å². The summed E-state index contributed by atoms with van der Waals surface area (Å²) in [6, 6.07) is -0.0709. The minimum Gasteiger partial charge on any atom is -0.348 e. The van der Waals surface area contributed by atoms with Crippen LogP contribution in [0.15, 0.2) is 11.6 Å². The van der Waals surface area contributed by atoms with Crippen LogP contribution in [0.4, 0.5) is 0 Å². The summed E-state index contributed by atoms with van der Waals surface area (Å²) in [4.78, 5) is 35.1. The maximum absolute atomic E-state index is 13.4. The van der Waals surface area contributed by atoms with Crippen LogP contribution in [0.2, 0.25) is 0 Å². The Bertz CT molecular complexity index is 803. The molecule has 2 saturated heterocycles. The van der Waals surface area contributed by atoms with Gasteiger partial charge in [0.05, 0.1) is 18.0 Å². The molecule has 2 fully saturated rings. The predicted molar refractivity (Wildman–Crippen MR) is 109 cm³/mol. The van der Waals surface area contributed by atoms with E-state index >= 15 is 0 Å². The number of aromatic amines is 1. The number of allylic oxidation sites excluding steroid dienone is 1. The number of amides is 2. The standard InChI is InChI=1S/C21H32N6O2/c1-15-23-18(25-24-15)13-22-20(29)21-8-5-10-27(17(21)14-26(2)11-9-21)19(28)12-16-6-3-4-7-16/h6,17H,3-5,7-14H2,1-2H3,(H,22,29)(H,23,24,25)/t17-,21+/m0/s1. The zero-order valence-corrected chi connectivity index (χ0v) is 17.5. The summed E-state index contributed by atoms with van der Waals surface area (Å²) in [5, 5.41) is 10.00. The van der Waals surface area contributed by atoms with Crippen molar-refractivity contribution < 1.29 is 9.59 Å². The fourth-order valence-corrected chi connectivity index (χ4v) is 5.20. The van der Waals surface area contributed by atoms with Crippen LogP contribution in [0.5, 0.6) is 0 Å². The van der Waals surface area contributed by atoms with Crippen LogP contribution in [0.1, 0.15) is 56.6 Å². The van der Waals surface area contributed by atoms with Crippen LogP contribution >= 0.6 is 0 Å². The number of nitrogens with one attached hydrogen (secondary N) is 2. The van der Waals surface area contributed by atoms with E-state index in [4.69, 9.17) is 0 Å². The number of likely N-dealkylation sites (N-methyl/N-ethyl adjacent to an activating group) is 1. The van der Waals surface area contributed by atoms with E-state index < -0.39 is 5.41 Å². The van der Waals surface area contributed by atoms with Gasteiger partial charge in [-0.05, 0) is 59.0 Å². The SMILES string of the molecule is Cc1nc(CNC(=O)[C@@]23CCCN(C(=O)CC4=CCCC4)[C@H]2CN(C)CC3)n[nH]1. The second-order valence-electron chi connectivity index (χ2n) is 8.83. The molecule has 2 atom stereocenters. The van der Waals surface area contributed by atoms with Crippen molar-refractivity contribution in [1.82, 2.24) is 30.3 Å². The number of aromatic nitrogens is 3. The quantitative estimate of drug-likeness (QED) is 0.731. The summed E-state index contributed by atoms with van der Waals surface area (Å²) in [6.07, 6.45) is 8.48. The Labute approximate surface area is 172 Å². The third-order valence-electron chi connectivity index (χ3n) is 6.80. The number of H-pyrrole nitrogens is 1. The lowest BCUT2D eigenvalue weighted by molar-refractivity contribution is -0.153. The lowest BCUT2D eigenvalue weighted by Crippen LogP contribution is -2.66. The molecule has 3 aliphatic rings. The van der Waals surface area contributed by atoms with Gasteiger partial charge in [0.15, 0.2) is 5.82 Å². The van der Waals surface area contributed by atoms with Crippen molar-refractivity contribution in [2.75, 3.05) is 26.7 Å². The van der Waals surface area contributed by atoms with Crippen LogP contribution in [-0.4, -0.2) is 69.5 Å². The van der Waals surface area contributed by atoms with Crippen LogP contribution in [0.3, 0.4) is 0 Å². The fourth-order valence-electron chi connectivity index (χ4n) is 5.20. The second kappa shape index (κ2) is 8.26. The molecule has 1 aromatic rings. The zero-order valence-electron chi connectivity index (χ0n) is 17.5. The van der Waals surface area contributed by atoms with Gasteiger partial charge >= 0.3 is 0 Å². The molecule has 2 N–H and O–H groups in total. The van der Waals surface area contributed by atoms with Crippen LogP contribution in [0, 0.1) is 12.3 Å². The van der Waals surface area contributed by atoms with E-state index in [1.54, 1.807) is 0 Å². The molecule has 1 aliphatic carbocycles. The van der Waals surface area contributed by atoms with Gasteiger partial charge in [-0.3, -0.25) is 14.7 Å². The molecule has 0 saturated carbocycles. The molecule has 0 bridgehead atoms. The highest BCUT2D eigenvalue weighted by atomic mass is 16.2. The number of piperidine rings is 2. The number of aryl methyl sites for hydroxylation is 1. The first-order chi connectivity index (χ1) is 14.0. The molecule has 0 radical (unpaired) electrons. The second-order valence-corrected chi connectivity index (χ2v) is 8.83. The average Bonchev–Trinajstić information content (AvgIpc) is 3.37. The summed E-state index contributed by atoms with van der Waals surface area (Å²) in [6.45, 7) is 4.53. The number of carbonyl (C=O) groups is 2. The first-order valence-corrected chi connectivity index (χ1v) is 10.8. The van der Waals surface area contributed by atoms with Crippen LogP contribution in [0.25, 0.3) is 0 Å². The summed E-state index contributed by atoms with van der Waals surface area (Å²) < 4.78 is 0. The van der Waals surface area contributed by atoms with Crippen molar-refractivity contribution >= 4 is 11.8 Å². The number of hydrogen-bond donors (Lipinski definition) is 2. The van der Waals surface area contributed by atoms with E-state index in [9.17, 15) is 9.59 Å². The Morgan fingerprint density at radius 3 is 2.90 bits per heavy atom. The minimum atomic E-state index is -0.518. The first-order valence-electron chi connectivity index (χ1n) is 10.8. The normalized spacial score (nSPS) is 27.4. The summed E-state index contributed by atoms with van der Waals surface area (Å²) in [7, 11) is 2.08. The molecule has 158 valence electrons. The molecule has 3 heterocycles. The summed E-state index contributed by atoms with van der Waals surface area (Å²) in [5.41, 5.74) is 0.746. The van der Waals surface area contributed by atoms with E-state index in [2.05, 4.69) is 38.5 Å². The Morgan fingerprint density at radius 1 is 1.31 bits per heavy atom. The number of carbonyl (C=O) groups excluding carboxylic acids is 2. The number of hydrogen-bond acceptors (Lipinski definition) is 5. The largest absolute Gasteiger partial charge is 0.348 e. The van der Waals surface area contributed by atoms with E-state index in [1.165, 1.54) is 5.57 Å². The van der Waals surface area contributed by atoms with Crippen molar-refractivity contribution in [2.45, 2.75) is 64.5 Å². The summed E-state index contributed by atoms with van der Waals surface area (Å²) >= 11 is 0. The highest BCUT2D eigenvalue weighted by Gasteiger charge is 2.53. The van der Waals surface area contributed by atoms with Crippen molar-refractivity contribution in [3.05, 3.63) is 23.3 Å². The van der Waals surface area contributed by atoms with Gasteiger partial charge in [0.25, 0.3) is 0 Å². The van der Waals surface area contributed by atoms with E-state index in [0.717, 1.165) is 64.0 Å². The smallest absolute Gasteiger partial charge is 0.228 e. The molecule has 29 heavy (non-hydrogen) atoms. The molecule has 0 unspecified atom stereocenters. The van der Waals surface area contributed by atoms with Gasteiger partial charge in [0.1, 0.15) is 5.82 Å². The van der Waals surface area contributed by atoms with Gasteiger partial charge in [-0.1, -0.05) is 11.6 Å². The molecule has 0 aromatic carbocycles. The molecule has 2 aliphatic heterocycles. The molecule has 8 heteroatoms. The number of nitrogens with zero attached hydrogens (tertiary/aromatic N) is 4. The molecular weight excluding hydrogens is 368 g/mol. The number of likely N-dealkylation sites (tertiary alicyclic amines) is 2. The maximum atomic E-state index is 13.4. The first kappa shape index (κ1) is 20.1. The highest BCUT2D eigenvalue weighted by molar-refractivity contribution is 5.86. The Morgan fingerprint density at radius 2 is 2.17 bits per heavy atom. The lowest BCUT2D eigenvalue weighted by atomic mass is 9.67. The molecule has 4 rings (SSSR count). The molecular formula is C21H32N6O2. The average molecular weight is 401 g/mol. The zero-order chi connectivity index (χ0) is 20.4. The lowest BCUT2D eigenvalue weighted by Gasteiger charge is -2.53. The van der Waals surface area contributed by atoms with Gasteiger partial charge in [0.2, 0.25) is 11.8 Å². The van der Waals surface area contributed by atoms with Crippen molar-refractivity contribution in [3.63, 3.8) is 0 Å². The molecule has 1 aromatic heterocycles. The monoisotopic (exact) mass is 400 g/mol. The van der Waals surface area contributed by atoms with Crippen molar-refractivity contribution in [3.8, 4) is 0 Å². The molecule has 2 amide bonds.